The number of likely N-dealkylation sites (N-methyl/N-ethyl adjacent to an activating group) is 1. The molecule has 1 N–H and O–H groups in total. The van der Waals surface area contributed by atoms with E-state index in [9.17, 15) is 9.90 Å². The molecular weight excluding hydrogens is 206 g/mol. The molecule has 1 aliphatic rings. The highest BCUT2D eigenvalue weighted by atomic mass is 16.5. The van der Waals surface area contributed by atoms with Gasteiger partial charge in [-0.1, -0.05) is 12.8 Å². The van der Waals surface area contributed by atoms with Gasteiger partial charge in [0.25, 0.3) is 0 Å². The lowest BCUT2D eigenvalue weighted by molar-refractivity contribution is -0.149. The molecule has 0 aliphatic heterocycles. The molecule has 4 nitrogen and oxygen atoms in total. The molecule has 0 aromatic heterocycles. The van der Waals surface area contributed by atoms with Gasteiger partial charge in [0, 0.05) is 6.54 Å². The van der Waals surface area contributed by atoms with Gasteiger partial charge in [0.1, 0.15) is 0 Å². The maximum atomic E-state index is 11.4. The fourth-order valence-corrected chi connectivity index (χ4v) is 2.27. The van der Waals surface area contributed by atoms with Gasteiger partial charge >= 0.3 is 5.97 Å². The molecule has 1 aliphatic carbocycles. The van der Waals surface area contributed by atoms with Gasteiger partial charge in [-0.2, -0.15) is 0 Å². The van der Waals surface area contributed by atoms with Gasteiger partial charge in [-0.15, -0.1) is 0 Å². The standard InChI is InChI=1S/C12H23NO3/c1-10(2)16-11(14)8-13(3)9-12(15)6-4-5-7-12/h10,15H,4-9H2,1-3H3. The van der Waals surface area contributed by atoms with Crippen LogP contribution in [0, 0.1) is 0 Å². The second kappa shape index (κ2) is 5.64. The lowest BCUT2D eigenvalue weighted by Gasteiger charge is -2.28. The summed E-state index contributed by atoms with van der Waals surface area (Å²) in [5, 5.41) is 10.2. The molecule has 0 unspecified atom stereocenters. The van der Waals surface area contributed by atoms with E-state index in [0.717, 1.165) is 25.7 Å². The lowest BCUT2D eigenvalue weighted by atomic mass is 10.0. The Bertz CT molecular complexity index is 234. The van der Waals surface area contributed by atoms with Gasteiger partial charge in [0.05, 0.1) is 18.2 Å². The van der Waals surface area contributed by atoms with Crippen molar-refractivity contribution in [1.29, 1.82) is 0 Å². The van der Waals surface area contributed by atoms with Gasteiger partial charge in [-0.25, -0.2) is 0 Å². The zero-order chi connectivity index (χ0) is 12.2. The third-order valence-corrected chi connectivity index (χ3v) is 2.86. The first kappa shape index (κ1) is 13.5. The van der Waals surface area contributed by atoms with Crippen molar-refractivity contribution in [1.82, 2.24) is 4.90 Å². The summed E-state index contributed by atoms with van der Waals surface area (Å²) in [6, 6.07) is 0. The Kier molecular flexibility index (Phi) is 4.74. The minimum absolute atomic E-state index is 0.0736. The first-order valence-corrected chi connectivity index (χ1v) is 6.02. The smallest absolute Gasteiger partial charge is 0.320 e. The number of carbonyl (C=O) groups is 1. The van der Waals surface area contributed by atoms with Crippen molar-refractivity contribution in [2.24, 2.45) is 0 Å². The quantitative estimate of drug-likeness (QED) is 0.719. The highest BCUT2D eigenvalue weighted by Crippen LogP contribution is 2.29. The minimum Gasteiger partial charge on any atom is -0.462 e. The number of ether oxygens (including phenoxy) is 1. The Morgan fingerprint density at radius 1 is 1.44 bits per heavy atom. The molecule has 0 saturated heterocycles. The molecule has 1 saturated carbocycles. The summed E-state index contributed by atoms with van der Waals surface area (Å²) < 4.78 is 5.06. The highest BCUT2D eigenvalue weighted by molar-refractivity contribution is 5.71. The van der Waals surface area contributed by atoms with Crippen LogP contribution in [0.2, 0.25) is 0 Å². The molecule has 0 bridgehead atoms. The predicted octanol–water partition coefficient (Wildman–Crippen LogP) is 1.17. The van der Waals surface area contributed by atoms with Crippen LogP contribution >= 0.6 is 0 Å². The van der Waals surface area contributed by atoms with E-state index < -0.39 is 5.60 Å². The largest absolute Gasteiger partial charge is 0.462 e. The zero-order valence-corrected chi connectivity index (χ0v) is 10.5. The molecule has 94 valence electrons. The molecule has 1 rings (SSSR count). The summed E-state index contributed by atoms with van der Waals surface area (Å²) in [4.78, 5) is 13.2. The predicted molar refractivity (Wildman–Crippen MR) is 62.1 cm³/mol. The van der Waals surface area contributed by atoms with Crippen molar-refractivity contribution in [3.05, 3.63) is 0 Å². The van der Waals surface area contributed by atoms with Crippen molar-refractivity contribution in [2.45, 2.75) is 51.2 Å². The topological polar surface area (TPSA) is 49.8 Å². The Morgan fingerprint density at radius 3 is 2.50 bits per heavy atom. The normalized spacial score (nSPS) is 19.4. The Labute approximate surface area is 97.6 Å². The second-order valence-electron chi connectivity index (χ2n) is 5.14. The van der Waals surface area contributed by atoms with E-state index in [1.165, 1.54) is 0 Å². The molecule has 0 radical (unpaired) electrons. The number of nitrogens with zero attached hydrogens (tertiary/aromatic N) is 1. The Hall–Kier alpha value is -0.610. The first-order chi connectivity index (χ1) is 7.41. The maximum absolute atomic E-state index is 11.4. The number of hydrogen-bond acceptors (Lipinski definition) is 4. The van der Waals surface area contributed by atoms with Crippen molar-refractivity contribution in [2.75, 3.05) is 20.1 Å². The van der Waals surface area contributed by atoms with Crippen LogP contribution in [0.1, 0.15) is 39.5 Å². The van der Waals surface area contributed by atoms with E-state index in [4.69, 9.17) is 4.74 Å². The van der Waals surface area contributed by atoms with Gasteiger partial charge in [0.15, 0.2) is 0 Å². The molecule has 0 spiro atoms. The van der Waals surface area contributed by atoms with Crippen LogP contribution in [0.4, 0.5) is 0 Å². The first-order valence-electron chi connectivity index (χ1n) is 6.02. The Balaban J connectivity index is 2.29. The number of esters is 1. The number of carbonyl (C=O) groups excluding carboxylic acids is 1. The molecular formula is C12H23NO3. The minimum atomic E-state index is -0.590. The van der Waals surface area contributed by atoms with Crippen LogP contribution < -0.4 is 0 Å². The van der Waals surface area contributed by atoms with Gasteiger partial charge in [0.2, 0.25) is 0 Å². The summed E-state index contributed by atoms with van der Waals surface area (Å²) in [6.45, 7) is 4.48. The van der Waals surface area contributed by atoms with Crippen molar-refractivity contribution in [3.8, 4) is 0 Å². The molecule has 16 heavy (non-hydrogen) atoms. The highest BCUT2D eigenvalue weighted by Gasteiger charge is 2.32. The molecule has 0 aromatic carbocycles. The van der Waals surface area contributed by atoms with Crippen LogP contribution in [0.15, 0.2) is 0 Å². The maximum Gasteiger partial charge on any atom is 0.320 e. The summed E-state index contributed by atoms with van der Waals surface area (Å²) in [5.41, 5.74) is -0.590. The fourth-order valence-electron chi connectivity index (χ4n) is 2.27. The van der Waals surface area contributed by atoms with E-state index >= 15 is 0 Å². The van der Waals surface area contributed by atoms with Gasteiger partial charge in [-0.3, -0.25) is 9.69 Å². The molecule has 0 atom stereocenters. The Morgan fingerprint density at radius 2 is 2.00 bits per heavy atom. The number of hydrogen-bond donors (Lipinski definition) is 1. The van der Waals surface area contributed by atoms with Crippen molar-refractivity contribution < 1.29 is 14.6 Å². The van der Waals surface area contributed by atoms with E-state index in [-0.39, 0.29) is 18.6 Å². The van der Waals surface area contributed by atoms with Crippen LogP contribution in [0.25, 0.3) is 0 Å². The van der Waals surface area contributed by atoms with Gasteiger partial charge < -0.3 is 9.84 Å². The van der Waals surface area contributed by atoms with Crippen LogP contribution in [-0.2, 0) is 9.53 Å². The molecule has 1 fully saturated rings. The van der Waals surface area contributed by atoms with Crippen LogP contribution in [0.5, 0.6) is 0 Å². The fraction of sp³-hybridized carbons (Fsp3) is 0.917. The average molecular weight is 229 g/mol. The molecule has 0 aromatic rings. The SMILES string of the molecule is CC(C)OC(=O)CN(C)CC1(O)CCCC1. The average Bonchev–Trinajstić information content (AvgIpc) is 2.48. The summed E-state index contributed by atoms with van der Waals surface area (Å²) in [5.74, 6) is -0.223. The third kappa shape index (κ3) is 4.49. The molecule has 0 amide bonds. The lowest BCUT2D eigenvalue weighted by Crippen LogP contribution is -2.41. The number of aliphatic hydroxyl groups is 1. The van der Waals surface area contributed by atoms with Crippen molar-refractivity contribution >= 4 is 5.97 Å². The summed E-state index contributed by atoms with van der Waals surface area (Å²) in [7, 11) is 1.85. The summed E-state index contributed by atoms with van der Waals surface area (Å²) in [6.07, 6.45) is 3.78. The monoisotopic (exact) mass is 229 g/mol. The van der Waals surface area contributed by atoms with E-state index in [2.05, 4.69) is 0 Å². The van der Waals surface area contributed by atoms with Crippen LogP contribution in [-0.4, -0.2) is 47.8 Å². The van der Waals surface area contributed by atoms with Crippen LogP contribution in [0.3, 0.4) is 0 Å². The van der Waals surface area contributed by atoms with E-state index in [1.807, 2.05) is 25.8 Å². The van der Waals surface area contributed by atoms with E-state index in [0.29, 0.717) is 6.54 Å². The molecule has 4 heteroatoms. The second-order valence-corrected chi connectivity index (χ2v) is 5.14. The van der Waals surface area contributed by atoms with E-state index in [1.54, 1.807) is 0 Å². The van der Waals surface area contributed by atoms with Gasteiger partial charge in [-0.05, 0) is 33.7 Å². The van der Waals surface area contributed by atoms with Crippen molar-refractivity contribution in [3.63, 3.8) is 0 Å². The summed E-state index contributed by atoms with van der Waals surface area (Å²) >= 11 is 0. The molecule has 0 heterocycles. The zero-order valence-electron chi connectivity index (χ0n) is 10.5. The third-order valence-electron chi connectivity index (χ3n) is 2.86. The number of rotatable bonds is 5.